The van der Waals surface area contributed by atoms with Crippen molar-refractivity contribution in [2.45, 2.75) is 54.4 Å². The van der Waals surface area contributed by atoms with Gasteiger partial charge in [0.25, 0.3) is 0 Å². The molecule has 3 rings (SSSR count). The lowest BCUT2D eigenvalue weighted by Gasteiger charge is -2.39. The topological polar surface area (TPSA) is 37.4 Å². The van der Waals surface area contributed by atoms with E-state index >= 15 is 0 Å². The van der Waals surface area contributed by atoms with Gasteiger partial charge in [0, 0.05) is 16.9 Å². The van der Waals surface area contributed by atoms with Gasteiger partial charge in [-0.2, -0.15) is 0 Å². The number of benzene rings is 1. The largest absolute Gasteiger partial charge is 0.364 e. The molecule has 0 amide bonds. The standard InChI is InChI=1S/C15H20BrNO2S/c1-2-20(18,19)15-6-4-3-5-14(15)17-12-7-8-13(17)10-11(16)9-12/h3-6,11-13H,2,7-10H2,1H3. The summed E-state index contributed by atoms with van der Waals surface area (Å²) in [5, 5.41) is 0. The molecule has 2 heterocycles. The Bertz CT molecular complexity index is 588. The number of hydrogen-bond acceptors (Lipinski definition) is 3. The Balaban J connectivity index is 2.04. The van der Waals surface area contributed by atoms with E-state index in [0.717, 1.165) is 18.5 Å². The van der Waals surface area contributed by atoms with Crippen molar-refractivity contribution in [2.75, 3.05) is 10.7 Å². The first-order valence-electron chi connectivity index (χ1n) is 7.27. The van der Waals surface area contributed by atoms with Crippen molar-refractivity contribution >= 4 is 31.5 Å². The van der Waals surface area contributed by atoms with E-state index in [0.29, 0.717) is 21.8 Å². The summed E-state index contributed by atoms with van der Waals surface area (Å²) in [5.41, 5.74) is 0.918. The summed E-state index contributed by atoms with van der Waals surface area (Å²) in [4.78, 5) is 3.46. The van der Waals surface area contributed by atoms with Gasteiger partial charge in [-0.3, -0.25) is 0 Å². The Kier molecular flexibility index (Phi) is 3.84. The smallest absolute Gasteiger partial charge is 0.180 e. The molecule has 2 bridgehead atoms. The lowest BCUT2D eigenvalue weighted by Crippen LogP contribution is -2.44. The van der Waals surface area contributed by atoms with E-state index in [9.17, 15) is 8.42 Å². The van der Waals surface area contributed by atoms with Gasteiger partial charge in [0.15, 0.2) is 9.84 Å². The van der Waals surface area contributed by atoms with Crippen molar-refractivity contribution < 1.29 is 8.42 Å². The van der Waals surface area contributed by atoms with Gasteiger partial charge in [0.1, 0.15) is 0 Å². The zero-order valence-corrected chi connectivity index (χ0v) is 14.0. The summed E-state index contributed by atoms with van der Waals surface area (Å²) >= 11 is 3.74. The molecule has 1 aromatic carbocycles. The molecule has 2 aliphatic heterocycles. The van der Waals surface area contributed by atoms with Crippen molar-refractivity contribution in [3.8, 4) is 0 Å². The molecule has 110 valence electrons. The highest BCUT2D eigenvalue weighted by Gasteiger charge is 2.41. The third kappa shape index (κ3) is 2.39. The van der Waals surface area contributed by atoms with Crippen molar-refractivity contribution in [1.29, 1.82) is 0 Å². The predicted octanol–water partition coefficient (Wildman–Crippen LogP) is 3.37. The zero-order valence-electron chi connectivity index (χ0n) is 11.6. The van der Waals surface area contributed by atoms with Crippen LogP contribution in [0.15, 0.2) is 29.2 Å². The second-order valence-electron chi connectivity index (χ2n) is 5.73. The first-order valence-corrected chi connectivity index (χ1v) is 9.84. The highest BCUT2D eigenvalue weighted by atomic mass is 79.9. The summed E-state index contributed by atoms with van der Waals surface area (Å²) in [5.74, 6) is 0.161. The van der Waals surface area contributed by atoms with E-state index in [1.54, 1.807) is 13.0 Å². The Morgan fingerprint density at radius 3 is 2.40 bits per heavy atom. The first-order chi connectivity index (χ1) is 9.53. The third-order valence-electron chi connectivity index (χ3n) is 4.53. The fourth-order valence-electron chi connectivity index (χ4n) is 3.59. The van der Waals surface area contributed by atoms with Crippen molar-refractivity contribution in [3.05, 3.63) is 24.3 Å². The molecule has 5 heteroatoms. The van der Waals surface area contributed by atoms with E-state index in [2.05, 4.69) is 20.8 Å². The molecule has 0 N–H and O–H groups in total. The number of para-hydroxylation sites is 1. The Morgan fingerprint density at radius 2 is 1.80 bits per heavy atom. The number of fused-ring (bicyclic) bond motifs is 2. The number of alkyl halides is 1. The first kappa shape index (κ1) is 14.4. The van der Waals surface area contributed by atoms with Gasteiger partial charge in [-0.25, -0.2) is 8.42 Å². The minimum atomic E-state index is -3.16. The number of anilines is 1. The molecule has 2 aliphatic rings. The van der Waals surface area contributed by atoms with Crippen LogP contribution in [0.3, 0.4) is 0 Å². The molecule has 2 fully saturated rings. The maximum Gasteiger partial charge on any atom is 0.180 e. The SMILES string of the molecule is CCS(=O)(=O)c1ccccc1N1C2CCC1CC(Br)C2. The van der Waals surface area contributed by atoms with Crippen LogP contribution in [0.4, 0.5) is 5.69 Å². The van der Waals surface area contributed by atoms with Crippen LogP contribution in [0.2, 0.25) is 0 Å². The molecule has 0 aliphatic carbocycles. The quantitative estimate of drug-likeness (QED) is 0.778. The van der Waals surface area contributed by atoms with E-state index in [4.69, 9.17) is 0 Å². The minimum absolute atomic E-state index is 0.161. The van der Waals surface area contributed by atoms with E-state index in [-0.39, 0.29) is 5.75 Å². The van der Waals surface area contributed by atoms with Crippen molar-refractivity contribution in [2.24, 2.45) is 0 Å². The van der Waals surface area contributed by atoms with Crippen LogP contribution in [0.25, 0.3) is 0 Å². The van der Waals surface area contributed by atoms with Gasteiger partial charge >= 0.3 is 0 Å². The fraction of sp³-hybridized carbons (Fsp3) is 0.600. The molecular formula is C15H20BrNO2S. The number of nitrogens with zero attached hydrogens (tertiary/aromatic N) is 1. The van der Waals surface area contributed by atoms with Crippen molar-refractivity contribution in [1.82, 2.24) is 0 Å². The van der Waals surface area contributed by atoms with Crippen LogP contribution in [-0.4, -0.2) is 31.1 Å². The van der Waals surface area contributed by atoms with Gasteiger partial charge in [0.2, 0.25) is 0 Å². The lowest BCUT2D eigenvalue weighted by atomic mass is 10.0. The summed E-state index contributed by atoms with van der Waals surface area (Å²) < 4.78 is 24.7. The molecule has 0 aromatic heterocycles. The molecule has 2 unspecified atom stereocenters. The molecular weight excluding hydrogens is 338 g/mol. The molecule has 20 heavy (non-hydrogen) atoms. The van der Waals surface area contributed by atoms with Gasteiger partial charge in [-0.15, -0.1) is 0 Å². The molecule has 3 nitrogen and oxygen atoms in total. The monoisotopic (exact) mass is 357 g/mol. The molecule has 1 aromatic rings. The van der Waals surface area contributed by atoms with Crippen LogP contribution < -0.4 is 4.90 Å². The average molecular weight is 358 g/mol. The van der Waals surface area contributed by atoms with E-state index in [1.807, 2.05) is 18.2 Å². The molecule has 0 spiro atoms. The predicted molar refractivity (Wildman–Crippen MR) is 85.4 cm³/mol. The number of rotatable bonds is 3. The normalized spacial score (nSPS) is 29.7. The van der Waals surface area contributed by atoms with Crippen LogP contribution in [-0.2, 0) is 9.84 Å². The number of hydrogen-bond donors (Lipinski definition) is 0. The molecule has 2 atom stereocenters. The number of halogens is 1. The minimum Gasteiger partial charge on any atom is -0.364 e. The Labute approximate surface area is 129 Å². The van der Waals surface area contributed by atoms with Gasteiger partial charge < -0.3 is 4.90 Å². The van der Waals surface area contributed by atoms with Crippen LogP contribution in [0.5, 0.6) is 0 Å². The highest BCUT2D eigenvalue weighted by Crippen LogP contribution is 2.43. The lowest BCUT2D eigenvalue weighted by molar-refractivity contribution is 0.480. The van der Waals surface area contributed by atoms with Gasteiger partial charge in [0.05, 0.1) is 16.3 Å². The second kappa shape index (κ2) is 5.34. The number of piperidine rings is 1. The summed E-state index contributed by atoms with van der Waals surface area (Å²) in [6.45, 7) is 1.71. The fourth-order valence-corrected chi connectivity index (χ4v) is 5.54. The number of sulfone groups is 1. The second-order valence-corrected chi connectivity index (χ2v) is 9.27. The summed E-state index contributed by atoms with van der Waals surface area (Å²) in [6, 6.07) is 8.46. The average Bonchev–Trinajstić information content (AvgIpc) is 2.71. The Hall–Kier alpha value is -0.550. The summed E-state index contributed by atoms with van der Waals surface area (Å²) in [7, 11) is -3.16. The zero-order chi connectivity index (χ0) is 14.3. The van der Waals surface area contributed by atoms with Crippen LogP contribution >= 0.6 is 15.9 Å². The molecule has 0 radical (unpaired) electrons. The van der Waals surface area contributed by atoms with Crippen LogP contribution in [0.1, 0.15) is 32.6 Å². The third-order valence-corrected chi connectivity index (χ3v) is 7.06. The van der Waals surface area contributed by atoms with Crippen LogP contribution in [0, 0.1) is 0 Å². The maximum absolute atomic E-state index is 12.3. The van der Waals surface area contributed by atoms with Crippen molar-refractivity contribution in [3.63, 3.8) is 0 Å². The highest BCUT2D eigenvalue weighted by molar-refractivity contribution is 9.09. The summed E-state index contributed by atoms with van der Waals surface area (Å²) in [6.07, 6.45) is 4.56. The van der Waals surface area contributed by atoms with Gasteiger partial charge in [-0.05, 0) is 37.8 Å². The maximum atomic E-state index is 12.3. The Morgan fingerprint density at radius 1 is 1.20 bits per heavy atom. The van der Waals surface area contributed by atoms with E-state index < -0.39 is 9.84 Å². The molecule has 0 saturated carbocycles. The van der Waals surface area contributed by atoms with E-state index in [1.165, 1.54) is 12.8 Å². The molecule has 2 saturated heterocycles. The van der Waals surface area contributed by atoms with Gasteiger partial charge in [-0.1, -0.05) is 35.0 Å².